The highest BCUT2D eigenvalue weighted by Crippen LogP contribution is 2.62. The van der Waals surface area contributed by atoms with E-state index in [0.29, 0.717) is 0 Å². The minimum atomic E-state index is -0.529. The van der Waals surface area contributed by atoms with E-state index in [1.165, 1.54) is 49.6 Å². The maximum atomic E-state index is 13.5. The zero-order valence-corrected chi connectivity index (χ0v) is 17.0. The molecule has 4 aromatic rings. The minimum absolute atomic E-state index is 0.271. The second kappa shape index (κ2) is 7.95. The van der Waals surface area contributed by atoms with Crippen LogP contribution in [0.25, 0.3) is 32.8 Å². The normalized spacial score (nSPS) is 11.9. The largest absolute Gasteiger partial charge is 0.207 e. The molecule has 0 radical (unpaired) electrons. The first-order chi connectivity index (χ1) is 13.6. The van der Waals surface area contributed by atoms with Gasteiger partial charge in [-0.2, -0.15) is 0 Å². The lowest BCUT2D eigenvalue weighted by molar-refractivity contribution is 0.627. The van der Waals surface area contributed by atoms with Gasteiger partial charge in [0.25, 0.3) is 0 Å². The number of hydrogen-bond acceptors (Lipinski definition) is 0. The van der Waals surface area contributed by atoms with Gasteiger partial charge in [-0.15, -0.1) is 0 Å². The van der Waals surface area contributed by atoms with Crippen LogP contribution in [0, 0.1) is 17.5 Å². The van der Waals surface area contributed by atoms with Gasteiger partial charge in [0.05, 0.1) is 0 Å². The summed E-state index contributed by atoms with van der Waals surface area (Å²) in [5, 5.41) is 2.30. The van der Waals surface area contributed by atoms with Crippen molar-refractivity contribution in [2.45, 2.75) is 13.1 Å². The highest BCUT2D eigenvalue weighted by Gasteiger charge is 2.21. The summed E-state index contributed by atoms with van der Waals surface area (Å²) in [6, 6.07) is 19.5. The molecule has 0 amide bonds. The summed E-state index contributed by atoms with van der Waals surface area (Å²) >= 11 is 0. The van der Waals surface area contributed by atoms with Crippen LogP contribution < -0.4 is 0 Å². The van der Waals surface area contributed by atoms with Gasteiger partial charge < -0.3 is 0 Å². The fourth-order valence-corrected chi connectivity index (χ4v) is 8.47. The van der Waals surface area contributed by atoms with Crippen molar-refractivity contribution in [2.75, 3.05) is 0 Å². The Labute approximate surface area is 164 Å². The standard InChI is InChI=1S/C23H17F3P2/c1-2-28-23(17-7-13-20(26)14-8-17)21(15-3-9-18(24)10-4-15)22(27-28)16-5-11-19(25)12-6-16/h3-14H,2H2,1H3. The van der Waals surface area contributed by atoms with Crippen LogP contribution in [-0.4, -0.2) is 0 Å². The lowest BCUT2D eigenvalue weighted by Gasteiger charge is -2.11. The number of halogens is 3. The lowest BCUT2D eigenvalue weighted by atomic mass is 9.98. The minimum Gasteiger partial charge on any atom is -0.207 e. The van der Waals surface area contributed by atoms with E-state index >= 15 is 0 Å². The summed E-state index contributed by atoms with van der Waals surface area (Å²) in [6.07, 6.45) is 0.971. The molecular weight excluding hydrogens is 395 g/mol. The third kappa shape index (κ3) is 3.65. The average molecular weight is 412 g/mol. The highest BCUT2D eigenvalue weighted by molar-refractivity contribution is 8.03. The van der Waals surface area contributed by atoms with Crippen molar-refractivity contribution in [3.05, 3.63) is 90.2 Å². The fourth-order valence-electron chi connectivity index (χ4n) is 3.29. The molecule has 0 nitrogen and oxygen atoms in total. The molecule has 1 unspecified atom stereocenters. The van der Waals surface area contributed by atoms with E-state index in [2.05, 4.69) is 6.92 Å². The Kier molecular flexibility index (Phi) is 5.40. The molecule has 4 rings (SSSR count). The van der Waals surface area contributed by atoms with Crippen molar-refractivity contribution < 1.29 is 13.2 Å². The van der Waals surface area contributed by atoms with Gasteiger partial charge in [0.15, 0.2) is 0 Å². The van der Waals surface area contributed by atoms with E-state index in [4.69, 9.17) is 0 Å². The van der Waals surface area contributed by atoms with Crippen molar-refractivity contribution in [3.63, 3.8) is 0 Å². The van der Waals surface area contributed by atoms with Crippen molar-refractivity contribution in [2.24, 2.45) is 0 Å². The van der Waals surface area contributed by atoms with E-state index in [1.54, 1.807) is 24.3 Å². The fraction of sp³-hybridized carbons (Fsp3) is 0.0870. The number of aryl methyl sites for hydroxylation is 1. The molecule has 1 atom stereocenters. The second-order valence-corrected chi connectivity index (χ2v) is 11.0. The summed E-state index contributed by atoms with van der Waals surface area (Å²) in [7, 11) is 0.646. The molecule has 140 valence electrons. The highest BCUT2D eigenvalue weighted by atomic mass is 31.9. The van der Waals surface area contributed by atoms with Crippen LogP contribution in [0.5, 0.6) is 0 Å². The summed E-state index contributed by atoms with van der Waals surface area (Å²) in [6.45, 7) is 2.15. The zero-order chi connectivity index (χ0) is 19.7. The molecule has 0 saturated heterocycles. The quantitative estimate of drug-likeness (QED) is 0.314. The molecule has 3 aromatic carbocycles. The lowest BCUT2D eigenvalue weighted by Crippen LogP contribution is -1.85. The molecule has 1 aromatic heterocycles. The Morgan fingerprint density at radius 3 is 1.54 bits per heavy atom. The molecule has 0 saturated carbocycles. The van der Waals surface area contributed by atoms with E-state index in [-0.39, 0.29) is 17.5 Å². The van der Waals surface area contributed by atoms with Crippen LogP contribution in [0.4, 0.5) is 13.2 Å². The maximum Gasteiger partial charge on any atom is 0.123 e. The Morgan fingerprint density at radius 1 is 0.643 bits per heavy atom. The van der Waals surface area contributed by atoms with Gasteiger partial charge in [0, 0.05) is 16.2 Å². The Bertz CT molecular complexity index is 1100. The number of rotatable bonds is 4. The van der Waals surface area contributed by atoms with Gasteiger partial charge in [-0.3, -0.25) is 0 Å². The van der Waals surface area contributed by atoms with Crippen LogP contribution in [-0.2, 0) is 6.16 Å². The first-order valence-corrected chi connectivity index (χ1v) is 12.1. The molecule has 0 N–H and O–H groups in total. The Hall–Kier alpha value is -2.34. The molecule has 0 bridgehead atoms. The first kappa shape index (κ1) is 19.0. The smallest absolute Gasteiger partial charge is 0.123 e. The van der Waals surface area contributed by atoms with E-state index in [9.17, 15) is 13.2 Å². The van der Waals surface area contributed by atoms with Gasteiger partial charge in [-0.1, -0.05) is 50.5 Å². The van der Waals surface area contributed by atoms with Crippen LogP contribution >= 0.6 is 15.1 Å². The monoisotopic (exact) mass is 412 g/mol. The van der Waals surface area contributed by atoms with Gasteiger partial charge >= 0.3 is 0 Å². The first-order valence-electron chi connectivity index (χ1n) is 8.95. The molecule has 1 heterocycles. The zero-order valence-electron chi connectivity index (χ0n) is 15.2. The molecule has 5 heteroatoms. The van der Waals surface area contributed by atoms with Crippen molar-refractivity contribution in [1.29, 1.82) is 0 Å². The average Bonchev–Trinajstić information content (AvgIpc) is 3.09. The van der Waals surface area contributed by atoms with Crippen LogP contribution in [0.3, 0.4) is 0 Å². The summed E-state index contributed by atoms with van der Waals surface area (Å²) < 4.78 is 40.5. The summed E-state index contributed by atoms with van der Waals surface area (Å²) in [5.41, 5.74) is 3.91. The predicted molar refractivity (Wildman–Crippen MR) is 114 cm³/mol. The van der Waals surface area contributed by atoms with Gasteiger partial charge in [-0.05, 0) is 67.1 Å². The van der Waals surface area contributed by atoms with Crippen molar-refractivity contribution in [3.8, 4) is 32.8 Å². The molecule has 0 fully saturated rings. The number of hydrogen-bond donors (Lipinski definition) is 0. The van der Waals surface area contributed by atoms with Crippen LogP contribution in [0.2, 0.25) is 0 Å². The summed E-state index contributed by atoms with van der Waals surface area (Å²) in [5.74, 6) is -0.834. The molecule has 28 heavy (non-hydrogen) atoms. The number of benzene rings is 3. The Morgan fingerprint density at radius 2 is 1.07 bits per heavy atom. The predicted octanol–water partition coefficient (Wildman–Crippen LogP) is 8.69. The SMILES string of the molecule is CCp1pc(-c2ccc(F)cc2)c(-c2ccc(F)cc2)c1-c1ccc(F)cc1. The molecule has 0 aliphatic carbocycles. The summed E-state index contributed by atoms with van der Waals surface area (Å²) in [4.78, 5) is 0. The van der Waals surface area contributed by atoms with Crippen molar-refractivity contribution >= 4 is 15.1 Å². The van der Waals surface area contributed by atoms with E-state index in [0.717, 1.165) is 33.7 Å². The van der Waals surface area contributed by atoms with E-state index in [1.807, 2.05) is 12.1 Å². The van der Waals surface area contributed by atoms with Crippen molar-refractivity contribution in [1.82, 2.24) is 0 Å². The van der Waals surface area contributed by atoms with Gasteiger partial charge in [0.2, 0.25) is 0 Å². The van der Waals surface area contributed by atoms with E-state index < -0.39 is 7.21 Å². The molecular formula is C23H17F3P2. The second-order valence-electron chi connectivity index (χ2n) is 6.41. The molecule has 0 aliphatic heterocycles. The maximum absolute atomic E-state index is 13.5. The van der Waals surface area contributed by atoms with Gasteiger partial charge in [0.1, 0.15) is 17.5 Å². The molecule has 0 spiro atoms. The third-order valence-corrected chi connectivity index (χ3v) is 9.91. The topological polar surface area (TPSA) is 0 Å². The van der Waals surface area contributed by atoms with Crippen LogP contribution in [0.1, 0.15) is 6.92 Å². The van der Waals surface area contributed by atoms with Crippen LogP contribution in [0.15, 0.2) is 72.8 Å². The molecule has 0 aliphatic rings. The third-order valence-electron chi connectivity index (χ3n) is 4.62. The van der Waals surface area contributed by atoms with Gasteiger partial charge in [-0.25, -0.2) is 13.2 Å². The Balaban J connectivity index is 2.02.